The largest absolute Gasteiger partial charge is 0.465 e. The van der Waals surface area contributed by atoms with Crippen LogP contribution in [0.15, 0.2) is 35.0 Å². The van der Waals surface area contributed by atoms with Crippen LogP contribution in [-0.2, 0) is 4.74 Å². The number of carbonyl (C=O) groups is 1. The predicted octanol–water partition coefficient (Wildman–Crippen LogP) is 2.07. The summed E-state index contributed by atoms with van der Waals surface area (Å²) in [5.74, 6) is -0.548. The lowest BCUT2D eigenvalue weighted by atomic mass is 10.1. The number of nitrogens with zero attached hydrogens (tertiary/aromatic N) is 3. The monoisotopic (exact) mass is 373 g/mol. The summed E-state index contributed by atoms with van der Waals surface area (Å²) in [6, 6.07) is 8.04. The highest BCUT2D eigenvalue weighted by Gasteiger charge is 2.26. The lowest BCUT2D eigenvalue weighted by molar-refractivity contribution is -0.382. The van der Waals surface area contributed by atoms with Crippen LogP contribution in [0.1, 0.15) is 10.4 Å². The first-order valence-electron chi connectivity index (χ1n) is 7.79. The molecule has 0 aliphatic heterocycles. The summed E-state index contributed by atoms with van der Waals surface area (Å²) in [7, 11) is 1.27. The molecule has 0 fully saturated rings. The smallest absolute Gasteiger partial charge is 0.339 e. The third-order valence-corrected chi connectivity index (χ3v) is 3.72. The molecule has 0 bridgehead atoms. The maximum absolute atomic E-state index is 12.0. The maximum Gasteiger partial charge on any atom is 0.339 e. The fourth-order valence-electron chi connectivity index (χ4n) is 2.56. The Morgan fingerprint density at radius 2 is 2.00 bits per heavy atom. The molecule has 3 aromatic rings. The van der Waals surface area contributed by atoms with Crippen molar-refractivity contribution < 1.29 is 24.2 Å². The number of methoxy groups -OCH3 is 1. The van der Waals surface area contributed by atoms with E-state index in [4.69, 9.17) is 9.84 Å². The summed E-state index contributed by atoms with van der Waals surface area (Å²) in [6.45, 7) is -0.129. The molecule has 0 radical (unpaired) electrons. The fourth-order valence-corrected chi connectivity index (χ4v) is 2.56. The first-order chi connectivity index (χ1) is 13.1. The van der Waals surface area contributed by atoms with Gasteiger partial charge in [0.25, 0.3) is 0 Å². The maximum atomic E-state index is 12.0. The number of nitro benzene ring substituents is 1. The highest BCUT2D eigenvalue weighted by Crippen LogP contribution is 2.38. The van der Waals surface area contributed by atoms with Gasteiger partial charge in [-0.2, -0.15) is 0 Å². The van der Waals surface area contributed by atoms with Crippen LogP contribution < -0.4 is 10.6 Å². The minimum Gasteiger partial charge on any atom is -0.465 e. The van der Waals surface area contributed by atoms with E-state index in [-0.39, 0.29) is 41.1 Å². The van der Waals surface area contributed by atoms with E-state index >= 15 is 0 Å². The van der Waals surface area contributed by atoms with E-state index in [2.05, 4.69) is 25.6 Å². The van der Waals surface area contributed by atoms with Gasteiger partial charge in [0, 0.05) is 6.54 Å². The Bertz CT molecular complexity index is 1000. The molecule has 140 valence electrons. The second kappa shape index (κ2) is 7.66. The molecule has 2 aromatic carbocycles. The minimum absolute atomic E-state index is 0.0685. The molecular formula is C16H15N5O6. The van der Waals surface area contributed by atoms with E-state index in [1.807, 2.05) is 0 Å². The molecule has 0 amide bonds. The van der Waals surface area contributed by atoms with Gasteiger partial charge in [0.2, 0.25) is 5.52 Å². The molecule has 0 aliphatic carbocycles. The fraction of sp³-hybridized carbons (Fsp3) is 0.188. The number of hydrogen-bond donors (Lipinski definition) is 3. The van der Waals surface area contributed by atoms with Gasteiger partial charge in [0.15, 0.2) is 5.52 Å². The molecule has 0 saturated carbocycles. The van der Waals surface area contributed by atoms with Crippen molar-refractivity contribution >= 4 is 39.8 Å². The third-order valence-electron chi connectivity index (χ3n) is 3.72. The number of carbonyl (C=O) groups excluding carboxylic acids is 1. The van der Waals surface area contributed by atoms with Gasteiger partial charge in [0.1, 0.15) is 5.69 Å². The molecule has 0 saturated heterocycles. The van der Waals surface area contributed by atoms with E-state index in [1.54, 1.807) is 24.3 Å². The number of para-hydroxylation sites is 1. The topological polar surface area (TPSA) is 153 Å². The van der Waals surface area contributed by atoms with Crippen LogP contribution in [0.3, 0.4) is 0 Å². The number of nitrogens with one attached hydrogen (secondary N) is 2. The van der Waals surface area contributed by atoms with Crippen LogP contribution in [-0.4, -0.2) is 46.6 Å². The van der Waals surface area contributed by atoms with Gasteiger partial charge in [0.05, 0.1) is 35.6 Å². The van der Waals surface area contributed by atoms with E-state index in [9.17, 15) is 14.9 Å². The van der Waals surface area contributed by atoms with Crippen LogP contribution >= 0.6 is 0 Å². The number of aromatic nitrogens is 2. The molecule has 1 aromatic heterocycles. The average Bonchev–Trinajstić information content (AvgIpc) is 3.15. The summed E-state index contributed by atoms with van der Waals surface area (Å²) in [6.07, 6.45) is 0. The molecule has 27 heavy (non-hydrogen) atoms. The molecule has 1 heterocycles. The van der Waals surface area contributed by atoms with E-state index in [1.165, 1.54) is 13.2 Å². The summed E-state index contributed by atoms with van der Waals surface area (Å²) < 4.78 is 9.44. The number of aliphatic hydroxyl groups excluding tert-OH is 1. The van der Waals surface area contributed by atoms with Crippen molar-refractivity contribution in [2.75, 3.05) is 30.9 Å². The van der Waals surface area contributed by atoms with Crippen LogP contribution in [0.4, 0.5) is 22.7 Å². The summed E-state index contributed by atoms with van der Waals surface area (Å²) in [4.78, 5) is 22.8. The Morgan fingerprint density at radius 3 is 2.70 bits per heavy atom. The van der Waals surface area contributed by atoms with Crippen molar-refractivity contribution in [3.63, 3.8) is 0 Å². The average molecular weight is 373 g/mol. The zero-order valence-corrected chi connectivity index (χ0v) is 14.1. The van der Waals surface area contributed by atoms with Crippen molar-refractivity contribution in [3.05, 3.63) is 46.0 Å². The van der Waals surface area contributed by atoms with Gasteiger partial charge in [-0.3, -0.25) is 10.1 Å². The Kier molecular flexibility index (Phi) is 5.13. The lowest BCUT2D eigenvalue weighted by Crippen LogP contribution is -2.09. The van der Waals surface area contributed by atoms with Gasteiger partial charge >= 0.3 is 11.7 Å². The van der Waals surface area contributed by atoms with Crippen LogP contribution in [0.25, 0.3) is 11.0 Å². The van der Waals surface area contributed by atoms with Crippen molar-refractivity contribution in [1.82, 2.24) is 10.3 Å². The number of rotatable bonds is 7. The number of aliphatic hydroxyl groups is 1. The second-order valence-corrected chi connectivity index (χ2v) is 5.35. The Labute approximate surface area is 152 Å². The molecule has 3 rings (SSSR count). The molecular weight excluding hydrogens is 358 g/mol. The number of anilines is 3. The standard InChI is InChI=1S/C16H15N5O6/c1-26-16(23)9-4-2-3-5-10(9)18-11-8-12(17-6-7-22)15(21(24)25)14-13(11)19-27-20-14/h2-5,8,17-18,22H,6-7H2,1H3. The zero-order chi connectivity index (χ0) is 19.4. The Hall–Kier alpha value is -3.73. The number of benzene rings is 2. The SMILES string of the molecule is COC(=O)c1ccccc1Nc1cc(NCCO)c([N+](=O)[O-])c2nonc12. The molecule has 3 N–H and O–H groups in total. The Morgan fingerprint density at radius 1 is 1.26 bits per heavy atom. The quantitative estimate of drug-likeness (QED) is 0.318. The third kappa shape index (κ3) is 3.48. The first-order valence-corrected chi connectivity index (χ1v) is 7.79. The summed E-state index contributed by atoms with van der Waals surface area (Å²) >= 11 is 0. The second-order valence-electron chi connectivity index (χ2n) is 5.35. The van der Waals surface area contributed by atoms with Gasteiger partial charge in [-0.05, 0) is 28.5 Å². The predicted molar refractivity (Wildman–Crippen MR) is 95.1 cm³/mol. The molecule has 0 atom stereocenters. The Balaban J connectivity index is 2.13. The molecule has 11 heteroatoms. The van der Waals surface area contributed by atoms with Crippen LogP contribution in [0.2, 0.25) is 0 Å². The summed E-state index contributed by atoms with van der Waals surface area (Å²) in [5.41, 5.74) is 0.857. The number of hydrogen-bond acceptors (Lipinski definition) is 10. The molecule has 0 unspecified atom stereocenters. The molecule has 0 spiro atoms. The first kappa shape index (κ1) is 18.1. The molecule has 0 aliphatic rings. The van der Waals surface area contributed by atoms with Crippen molar-refractivity contribution in [1.29, 1.82) is 0 Å². The number of fused-ring (bicyclic) bond motifs is 1. The van der Waals surface area contributed by atoms with Gasteiger partial charge in [-0.15, -0.1) is 0 Å². The number of esters is 1. The van der Waals surface area contributed by atoms with Crippen molar-refractivity contribution in [2.45, 2.75) is 0 Å². The van der Waals surface area contributed by atoms with Crippen LogP contribution in [0, 0.1) is 10.1 Å². The van der Waals surface area contributed by atoms with E-state index in [0.717, 1.165) is 0 Å². The van der Waals surface area contributed by atoms with E-state index in [0.29, 0.717) is 11.4 Å². The van der Waals surface area contributed by atoms with Gasteiger partial charge < -0.3 is 20.5 Å². The normalized spacial score (nSPS) is 10.6. The van der Waals surface area contributed by atoms with Crippen LogP contribution in [0.5, 0.6) is 0 Å². The highest BCUT2D eigenvalue weighted by molar-refractivity contribution is 6.02. The molecule has 11 nitrogen and oxygen atoms in total. The number of ether oxygens (including phenoxy) is 1. The van der Waals surface area contributed by atoms with Gasteiger partial charge in [-0.1, -0.05) is 12.1 Å². The number of nitro groups is 1. The zero-order valence-electron chi connectivity index (χ0n) is 14.1. The summed E-state index contributed by atoms with van der Waals surface area (Å²) in [5, 5.41) is 33.6. The minimum atomic E-state index is -0.613. The van der Waals surface area contributed by atoms with E-state index < -0.39 is 10.9 Å². The van der Waals surface area contributed by atoms with Gasteiger partial charge in [-0.25, -0.2) is 9.42 Å². The van der Waals surface area contributed by atoms with Crippen molar-refractivity contribution in [2.24, 2.45) is 0 Å². The lowest BCUT2D eigenvalue weighted by Gasteiger charge is -2.13. The van der Waals surface area contributed by atoms with Crippen molar-refractivity contribution in [3.8, 4) is 0 Å². The highest BCUT2D eigenvalue weighted by atomic mass is 16.6.